The van der Waals surface area contributed by atoms with Crippen molar-refractivity contribution >= 4 is 17.5 Å². The van der Waals surface area contributed by atoms with Crippen LogP contribution in [0.5, 0.6) is 0 Å². The van der Waals surface area contributed by atoms with Crippen molar-refractivity contribution in [3.63, 3.8) is 0 Å². The van der Waals surface area contributed by atoms with E-state index in [1.54, 1.807) is 30.3 Å². The standard InChI is InChI=1S/C24H19F3O4/c25-24(26,27)16-11-9-15(10-12-16)21-17(13-19(29)14-5-2-1-3-6-14)23(30)31-20-8-4-7-18(28)22(20)21/h1-3,5-6,9-12,17,21H,4,7-8,13H2/t17-,21?/m1/s1. The largest absolute Gasteiger partial charge is 0.430 e. The predicted octanol–water partition coefficient (Wildman–Crippen LogP) is 5.24. The van der Waals surface area contributed by atoms with Crippen molar-refractivity contribution in [1.82, 2.24) is 0 Å². The van der Waals surface area contributed by atoms with Crippen molar-refractivity contribution in [1.29, 1.82) is 0 Å². The van der Waals surface area contributed by atoms with E-state index in [4.69, 9.17) is 4.74 Å². The number of Topliss-reactive ketones (excluding diaryl/α,β-unsaturated/α-hetero) is 2. The highest BCUT2D eigenvalue weighted by Gasteiger charge is 2.45. The van der Waals surface area contributed by atoms with Crippen molar-refractivity contribution < 1.29 is 32.3 Å². The van der Waals surface area contributed by atoms with Crippen LogP contribution in [0.3, 0.4) is 0 Å². The summed E-state index contributed by atoms with van der Waals surface area (Å²) in [5, 5.41) is 0. The summed E-state index contributed by atoms with van der Waals surface area (Å²) in [5.41, 5.74) is 0.279. The van der Waals surface area contributed by atoms with E-state index in [0.29, 0.717) is 29.5 Å². The summed E-state index contributed by atoms with van der Waals surface area (Å²) in [7, 11) is 0. The van der Waals surface area contributed by atoms with Crippen LogP contribution in [0.2, 0.25) is 0 Å². The van der Waals surface area contributed by atoms with Crippen LogP contribution in [0.15, 0.2) is 65.9 Å². The Morgan fingerprint density at radius 2 is 1.65 bits per heavy atom. The summed E-state index contributed by atoms with van der Waals surface area (Å²) in [6, 6.07) is 12.8. The van der Waals surface area contributed by atoms with Crippen LogP contribution >= 0.6 is 0 Å². The van der Waals surface area contributed by atoms with Gasteiger partial charge in [0.1, 0.15) is 5.76 Å². The molecule has 4 nitrogen and oxygen atoms in total. The first-order valence-electron chi connectivity index (χ1n) is 9.99. The van der Waals surface area contributed by atoms with Crippen molar-refractivity contribution in [2.45, 2.75) is 37.8 Å². The average Bonchev–Trinajstić information content (AvgIpc) is 2.75. The molecule has 2 atom stereocenters. The summed E-state index contributed by atoms with van der Waals surface area (Å²) >= 11 is 0. The third-order valence-electron chi connectivity index (χ3n) is 5.75. The van der Waals surface area contributed by atoms with E-state index in [1.165, 1.54) is 12.1 Å². The molecule has 4 rings (SSSR count). The van der Waals surface area contributed by atoms with Crippen LogP contribution < -0.4 is 0 Å². The highest BCUT2D eigenvalue weighted by Crippen LogP contribution is 2.45. The molecule has 1 aliphatic heterocycles. The summed E-state index contributed by atoms with van der Waals surface area (Å²) in [6.07, 6.45) is -3.50. The lowest BCUT2D eigenvalue weighted by Crippen LogP contribution is -2.36. The Labute approximate surface area is 176 Å². The lowest BCUT2D eigenvalue weighted by molar-refractivity contribution is -0.147. The number of rotatable bonds is 4. The van der Waals surface area contributed by atoms with E-state index in [2.05, 4.69) is 0 Å². The Balaban J connectivity index is 1.75. The molecule has 0 amide bonds. The number of benzene rings is 2. The number of ether oxygens (including phenoxy) is 1. The van der Waals surface area contributed by atoms with Crippen molar-refractivity contribution in [3.05, 3.63) is 82.6 Å². The minimum atomic E-state index is -4.50. The first-order valence-corrected chi connectivity index (χ1v) is 9.99. The molecule has 1 aliphatic carbocycles. The second-order valence-electron chi connectivity index (χ2n) is 7.73. The zero-order valence-electron chi connectivity index (χ0n) is 16.4. The van der Waals surface area contributed by atoms with E-state index in [1.807, 2.05) is 0 Å². The molecular weight excluding hydrogens is 409 g/mol. The summed E-state index contributed by atoms with van der Waals surface area (Å²) in [5.74, 6) is -2.68. The number of carbonyl (C=O) groups is 3. The van der Waals surface area contributed by atoms with Crippen LogP contribution in [0.4, 0.5) is 13.2 Å². The second kappa shape index (κ2) is 8.13. The second-order valence-corrected chi connectivity index (χ2v) is 7.73. The molecule has 0 saturated carbocycles. The monoisotopic (exact) mass is 428 g/mol. The summed E-state index contributed by atoms with van der Waals surface area (Å²) in [4.78, 5) is 38.4. The van der Waals surface area contributed by atoms with Crippen LogP contribution in [-0.2, 0) is 20.5 Å². The summed E-state index contributed by atoms with van der Waals surface area (Å²) < 4.78 is 44.5. The van der Waals surface area contributed by atoms with Gasteiger partial charge in [0.05, 0.1) is 11.5 Å². The molecule has 1 heterocycles. The molecule has 0 fully saturated rings. The number of esters is 1. The highest BCUT2D eigenvalue weighted by molar-refractivity contribution is 6.03. The van der Waals surface area contributed by atoms with Gasteiger partial charge in [-0.3, -0.25) is 14.4 Å². The maximum atomic E-state index is 13.0. The SMILES string of the molecule is O=C1CCCC2=C1C(c1ccc(C(F)(F)F)cc1)[C@@H](CC(=O)c1ccccc1)C(=O)O2. The summed E-state index contributed by atoms with van der Waals surface area (Å²) in [6.45, 7) is 0. The minimum absolute atomic E-state index is 0.198. The van der Waals surface area contributed by atoms with E-state index in [0.717, 1.165) is 12.1 Å². The molecule has 0 aromatic heterocycles. The number of allylic oxidation sites excluding steroid dienone is 2. The zero-order chi connectivity index (χ0) is 22.2. The van der Waals surface area contributed by atoms with Gasteiger partial charge in [0.15, 0.2) is 11.6 Å². The van der Waals surface area contributed by atoms with E-state index >= 15 is 0 Å². The number of carbonyl (C=O) groups excluding carboxylic acids is 3. The zero-order valence-corrected chi connectivity index (χ0v) is 16.4. The first-order chi connectivity index (χ1) is 14.8. The fourth-order valence-electron chi connectivity index (χ4n) is 4.24. The normalized spacial score (nSPS) is 21.5. The quantitative estimate of drug-likeness (QED) is 0.494. The Hall–Kier alpha value is -3.22. The predicted molar refractivity (Wildman–Crippen MR) is 105 cm³/mol. The Morgan fingerprint density at radius 1 is 0.968 bits per heavy atom. The number of halogens is 3. The van der Waals surface area contributed by atoms with E-state index in [-0.39, 0.29) is 30.2 Å². The fourth-order valence-corrected chi connectivity index (χ4v) is 4.24. The molecular formula is C24H19F3O4. The van der Waals surface area contributed by atoms with Gasteiger partial charge in [-0.15, -0.1) is 0 Å². The first kappa shape index (κ1) is 21.0. The van der Waals surface area contributed by atoms with Gasteiger partial charge in [-0.25, -0.2) is 0 Å². The Bertz CT molecular complexity index is 1050. The molecule has 160 valence electrons. The van der Waals surface area contributed by atoms with Gasteiger partial charge < -0.3 is 4.74 Å². The van der Waals surface area contributed by atoms with Crippen LogP contribution in [0.25, 0.3) is 0 Å². The molecule has 0 N–H and O–H groups in total. The highest BCUT2D eigenvalue weighted by atomic mass is 19.4. The molecule has 2 aromatic rings. The number of alkyl halides is 3. The van der Waals surface area contributed by atoms with Crippen molar-refractivity contribution in [2.75, 3.05) is 0 Å². The Kier molecular flexibility index (Phi) is 5.52. The van der Waals surface area contributed by atoms with E-state index < -0.39 is 29.5 Å². The molecule has 0 radical (unpaired) electrons. The maximum Gasteiger partial charge on any atom is 0.416 e. The molecule has 31 heavy (non-hydrogen) atoms. The molecule has 0 saturated heterocycles. The minimum Gasteiger partial charge on any atom is -0.430 e. The van der Waals surface area contributed by atoms with Crippen LogP contribution in [0, 0.1) is 5.92 Å². The number of hydrogen-bond acceptors (Lipinski definition) is 4. The molecule has 7 heteroatoms. The molecule has 0 bridgehead atoms. The topological polar surface area (TPSA) is 60.4 Å². The van der Waals surface area contributed by atoms with E-state index in [9.17, 15) is 27.6 Å². The fraction of sp³-hybridized carbons (Fsp3) is 0.292. The van der Waals surface area contributed by atoms with Crippen LogP contribution in [0.1, 0.15) is 53.1 Å². The lowest BCUT2D eigenvalue weighted by Gasteiger charge is -2.35. The van der Waals surface area contributed by atoms with Gasteiger partial charge in [0, 0.05) is 36.3 Å². The van der Waals surface area contributed by atoms with Crippen molar-refractivity contribution in [3.8, 4) is 0 Å². The van der Waals surface area contributed by atoms with Gasteiger partial charge in [-0.1, -0.05) is 42.5 Å². The molecule has 2 aliphatic rings. The average molecular weight is 428 g/mol. The third-order valence-corrected chi connectivity index (χ3v) is 5.75. The van der Waals surface area contributed by atoms with Gasteiger partial charge in [-0.05, 0) is 24.1 Å². The number of hydrogen-bond donors (Lipinski definition) is 0. The molecule has 1 unspecified atom stereocenters. The smallest absolute Gasteiger partial charge is 0.416 e. The molecule has 2 aromatic carbocycles. The lowest BCUT2D eigenvalue weighted by atomic mass is 9.72. The number of ketones is 2. The van der Waals surface area contributed by atoms with Gasteiger partial charge in [0.2, 0.25) is 0 Å². The van der Waals surface area contributed by atoms with Gasteiger partial charge >= 0.3 is 12.1 Å². The maximum absolute atomic E-state index is 13.0. The van der Waals surface area contributed by atoms with Gasteiger partial charge in [-0.2, -0.15) is 13.2 Å². The Morgan fingerprint density at radius 3 is 2.29 bits per heavy atom. The molecule has 0 spiro atoms. The van der Waals surface area contributed by atoms with Crippen molar-refractivity contribution in [2.24, 2.45) is 5.92 Å². The van der Waals surface area contributed by atoms with Crippen LogP contribution in [-0.4, -0.2) is 17.5 Å². The third kappa shape index (κ3) is 4.17. The van der Waals surface area contributed by atoms with Gasteiger partial charge in [0.25, 0.3) is 0 Å².